The molecule has 1 N–H and O–H groups in total. The summed E-state index contributed by atoms with van der Waals surface area (Å²) in [6.45, 7) is 12.3. The van der Waals surface area contributed by atoms with Gasteiger partial charge in [0.25, 0.3) is 0 Å². The SMILES string of the molecule is CCN(CC)CCNCCCc1ccccc1C. The third-order valence-electron chi connectivity index (χ3n) is 3.56. The third-order valence-corrected chi connectivity index (χ3v) is 3.56. The first-order valence-electron chi connectivity index (χ1n) is 7.25. The van der Waals surface area contributed by atoms with Gasteiger partial charge < -0.3 is 10.2 Å². The van der Waals surface area contributed by atoms with E-state index in [0.29, 0.717) is 0 Å². The molecule has 0 unspecified atom stereocenters. The van der Waals surface area contributed by atoms with Crippen molar-refractivity contribution in [3.63, 3.8) is 0 Å². The molecule has 0 fully saturated rings. The van der Waals surface area contributed by atoms with Gasteiger partial charge in [0.1, 0.15) is 0 Å². The van der Waals surface area contributed by atoms with Crippen LogP contribution in [-0.4, -0.2) is 37.6 Å². The zero-order chi connectivity index (χ0) is 13.2. The topological polar surface area (TPSA) is 15.3 Å². The predicted octanol–water partition coefficient (Wildman–Crippen LogP) is 2.86. The van der Waals surface area contributed by atoms with Gasteiger partial charge in [0.2, 0.25) is 0 Å². The number of rotatable bonds is 9. The van der Waals surface area contributed by atoms with E-state index >= 15 is 0 Å². The monoisotopic (exact) mass is 248 g/mol. The van der Waals surface area contributed by atoms with Gasteiger partial charge >= 0.3 is 0 Å². The van der Waals surface area contributed by atoms with E-state index in [1.165, 1.54) is 24.0 Å². The van der Waals surface area contributed by atoms with Crippen molar-refractivity contribution in [1.82, 2.24) is 10.2 Å². The van der Waals surface area contributed by atoms with Gasteiger partial charge in [-0.3, -0.25) is 0 Å². The van der Waals surface area contributed by atoms with Gasteiger partial charge in [-0.1, -0.05) is 38.1 Å². The molecule has 102 valence electrons. The second-order valence-electron chi connectivity index (χ2n) is 4.81. The van der Waals surface area contributed by atoms with Crippen LogP contribution in [0.15, 0.2) is 24.3 Å². The molecular formula is C16H28N2. The van der Waals surface area contributed by atoms with Crippen molar-refractivity contribution in [1.29, 1.82) is 0 Å². The summed E-state index contributed by atoms with van der Waals surface area (Å²) in [6, 6.07) is 8.69. The standard InChI is InChI=1S/C16H28N2/c1-4-18(5-2)14-13-17-12-8-11-16-10-7-6-9-15(16)3/h6-7,9-10,17H,4-5,8,11-14H2,1-3H3. The molecular weight excluding hydrogens is 220 g/mol. The fourth-order valence-electron chi connectivity index (χ4n) is 2.20. The number of aryl methyl sites for hydroxylation is 2. The van der Waals surface area contributed by atoms with E-state index in [4.69, 9.17) is 0 Å². The summed E-state index contributed by atoms with van der Waals surface area (Å²) in [5.41, 5.74) is 2.91. The molecule has 0 saturated carbocycles. The van der Waals surface area contributed by atoms with E-state index in [-0.39, 0.29) is 0 Å². The minimum absolute atomic E-state index is 1.11. The van der Waals surface area contributed by atoms with Crippen LogP contribution in [0.3, 0.4) is 0 Å². The molecule has 0 aliphatic carbocycles. The Bertz CT molecular complexity index is 319. The molecule has 2 heteroatoms. The number of hydrogen-bond donors (Lipinski definition) is 1. The van der Waals surface area contributed by atoms with Crippen molar-refractivity contribution < 1.29 is 0 Å². The number of nitrogens with one attached hydrogen (secondary N) is 1. The average molecular weight is 248 g/mol. The molecule has 0 aromatic heterocycles. The Hall–Kier alpha value is -0.860. The normalized spacial score (nSPS) is 11.1. The summed E-state index contributed by atoms with van der Waals surface area (Å²) < 4.78 is 0. The lowest BCUT2D eigenvalue weighted by molar-refractivity contribution is 0.302. The molecule has 18 heavy (non-hydrogen) atoms. The van der Waals surface area contributed by atoms with Crippen LogP contribution in [0.4, 0.5) is 0 Å². The molecule has 2 nitrogen and oxygen atoms in total. The molecule has 0 aliphatic heterocycles. The van der Waals surface area contributed by atoms with Gasteiger partial charge in [0.05, 0.1) is 0 Å². The highest BCUT2D eigenvalue weighted by molar-refractivity contribution is 5.25. The van der Waals surface area contributed by atoms with Crippen molar-refractivity contribution in [2.75, 3.05) is 32.7 Å². The first-order chi connectivity index (χ1) is 8.77. The van der Waals surface area contributed by atoms with E-state index in [0.717, 1.165) is 32.7 Å². The Labute approximate surface area is 112 Å². The lowest BCUT2D eigenvalue weighted by atomic mass is 10.0. The lowest BCUT2D eigenvalue weighted by Crippen LogP contribution is -2.32. The summed E-state index contributed by atoms with van der Waals surface area (Å²) in [5, 5.41) is 3.53. The smallest absolute Gasteiger partial charge is 0.0107 e. The van der Waals surface area contributed by atoms with Gasteiger partial charge in [-0.05, 0) is 50.5 Å². The summed E-state index contributed by atoms with van der Waals surface area (Å²) in [5.74, 6) is 0. The van der Waals surface area contributed by atoms with Crippen molar-refractivity contribution in [2.45, 2.75) is 33.6 Å². The van der Waals surface area contributed by atoms with Crippen molar-refractivity contribution in [3.8, 4) is 0 Å². The van der Waals surface area contributed by atoms with E-state index < -0.39 is 0 Å². The molecule has 0 atom stereocenters. The quantitative estimate of drug-likeness (QED) is 0.676. The Balaban J connectivity index is 2.07. The fraction of sp³-hybridized carbons (Fsp3) is 0.625. The van der Waals surface area contributed by atoms with Gasteiger partial charge in [-0.25, -0.2) is 0 Å². The molecule has 0 spiro atoms. The predicted molar refractivity (Wildman–Crippen MR) is 80.2 cm³/mol. The first-order valence-corrected chi connectivity index (χ1v) is 7.25. The maximum atomic E-state index is 3.53. The molecule has 0 bridgehead atoms. The number of hydrogen-bond acceptors (Lipinski definition) is 2. The van der Waals surface area contributed by atoms with Crippen LogP contribution in [0.2, 0.25) is 0 Å². The van der Waals surface area contributed by atoms with Gasteiger partial charge in [0, 0.05) is 13.1 Å². The largest absolute Gasteiger partial charge is 0.315 e. The summed E-state index contributed by atoms with van der Waals surface area (Å²) in [6.07, 6.45) is 2.41. The van der Waals surface area contributed by atoms with Crippen molar-refractivity contribution in [3.05, 3.63) is 35.4 Å². The maximum Gasteiger partial charge on any atom is 0.0107 e. The van der Waals surface area contributed by atoms with Crippen LogP contribution in [0.25, 0.3) is 0 Å². The highest BCUT2D eigenvalue weighted by Gasteiger charge is 1.98. The van der Waals surface area contributed by atoms with Crippen molar-refractivity contribution >= 4 is 0 Å². The average Bonchev–Trinajstić information content (AvgIpc) is 2.40. The van der Waals surface area contributed by atoms with E-state index in [1.807, 2.05) is 0 Å². The van der Waals surface area contributed by atoms with Crippen molar-refractivity contribution in [2.24, 2.45) is 0 Å². The molecule has 0 saturated heterocycles. The summed E-state index contributed by atoms with van der Waals surface area (Å²) in [7, 11) is 0. The molecule has 1 aromatic carbocycles. The molecule has 0 amide bonds. The Morgan fingerprint density at radius 2 is 1.78 bits per heavy atom. The minimum atomic E-state index is 1.11. The highest BCUT2D eigenvalue weighted by atomic mass is 15.1. The number of benzene rings is 1. The molecule has 1 aromatic rings. The second-order valence-corrected chi connectivity index (χ2v) is 4.81. The molecule has 1 rings (SSSR count). The van der Waals surface area contributed by atoms with Crippen LogP contribution in [0.5, 0.6) is 0 Å². The maximum absolute atomic E-state index is 3.53. The fourth-order valence-corrected chi connectivity index (χ4v) is 2.20. The lowest BCUT2D eigenvalue weighted by Gasteiger charge is -2.18. The van der Waals surface area contributed by atoms with Crippen LogP contribution in [-0.2, 0) is 6.42 Å². The third kappa shape index (κ3) is 5.65. The molecule has 0 aliphatic rings. The van der Waals surface area contributed by atoms with E-state index in [1.54, 1.807) is 0 Å². The molecule has 0 heterocycles. The zero-order valence-corrected chi connectivity index (χ0v) is 12.2. The van der Waals surface area contributed by atoms with Crippen LogP contribution < -0.4 is 5.32 Å². The van der Waals surface area contributed by atoms with Crippen LogP contribution >= 0.6 is 0 Å². The summed E-state index contributed by atoms with van der Waals surface area (Å²) >= 11 is 0. The Kier molecular flexibility index (Phi) is 7.70. The Morgan fingerprint density at radius 3 is 2.44 bits per heavy atom. The van der Waals surface area contributed by atoms with Crippen LogP contribution in [0, 0.1) is 6.92 Å². The number of nitrogens with zero attached hydrogens (tertiary/aromatic N) is 1. The van der Waals surface area contributed by atoms with Gasteiger partial charge in [-0.2, -0.15) is 0 Å². The zero-order valence-electron chi connectivity index (χ0n) is 12.2. The number of likely N-dealkylation sites (N-methyl/N-ethyl adjacent to an activating group) is 1. The van der Waals surface area contributed by atoms with Gasteiger partial charge in [0.15, 0.2) is 0 Å². The van der Waals surface area contributed by atoms with Crippen LogP contribution in [0.1, 0.15) is 31.4 Å². The van der Waals surface area contributed by atoms with E-state index in [9.17, 15) is 0 Å². The Morgan fingerprint density at radius 1 is 1.06 bits per heavy atom. The van der Waals surface area contributed by atoms with Gasteiger partial charge in [-0.15, -0.1) is 0 Å². The summed E-state index contributed by atoms with van der Waals surface area (Å²) in [4.78, 5) is 2.45. The second kappa shape index (κ2) is 9.12. The first kappa shape index (κ1) is 15.2. The highest BCUT2D eigenvalue weighted by Crippen LogP contribution is 2.08. The minimum Gasteiger partial charge on any atom is -0.315 e. The molecule has 0 radical (unpaired) electrons. The van der Waals surface area contributed by atoms with E-state index in [2.05, 4.69) is 55.3 Å².